The standard InChI is InChI=1S/C67H108O6/c1-4-7-10-13-16-19-22-25-28-31-33-36-39-42-45-48-51-54-57-60-66(69)72-63-64(62-71-65(68)59-56-53-50-47-44-41-38-35-30-27-24-21-18-15-12-9-6-3)73-67(70)61-58-55-52-49-46-43-40-37-34-32-29-26-23-20-17-14-11-8-5-2/h7,10,16-21,25-30,33,36,38,41-42,45,47,50,64H,4-6,8-9,11-15,22-24,31-32,34-35,37,39-40,43-44,46,48-49,51-63H2,1-3H3/b10-7+,19-16+,20-17+,21-18+,28-25+,29-26+,30-27+,36-33+,41-38+,45-42+,50-47+/t64-/m1/s1. The summed E-state index contributed by atoms with van der Waals surface area (Å²) in [6.45, 7) is 6.39. The van der Waals surface area contributed by atoms with E-state index in [1.54, 1.807) is 0 Å². The van der Waals surface area contributed by atoms with E-state index in [0.717, 1.165) is 109 Å². The van der Waals surface area contributed by atoms with Crippen LogP contribution < -0.4 is 0 Å². The van der Waals surface area contributed by atoms with Gasteiger partial charge in [-0.2, -0.15) is 0 Å². The molecule has 0 fully saturated rings. The second-order valence-corrected chi connectivity index (χ2v) is 19.2. The van der Waals surface area contributed by atoms with Crippen LogP contribution in [-0.2, 0) is 28.6 Å². The molecule has 73 heavy (non-hydrogen) atoms. The van der Waals surface area contributed by atoms with Gasteiger partial charge in [0.1, 0.15) is 13.2 Å². The summed E-state index contributed by atoms with van der Waals surface area (Å²) in [5, 5.41) is 0. The smallest absolute Gasteiger partial charge is 0.306 e. The number of ether oxygens (including phenoxy) is 3. The van der Waals surface area contributed by atoms with Crippen LogP contribution in [0.1, 0.15) is 252 Å². The lowest BCUT2D eigenvalue weighted by atomic mass is 10.1. The molecule has 1 atom stereocenters. The van der Waals surface area contributed by atoms with E-state index in [1.165, 1.54) is 96.3 Å². The van der Waals surface area contributed by atoms with Gasteiger partial charge in [-0.05, 0) is 135 Å². The molecule has 6 heteroatoms. The van der Waals surface area contributed by atoms with Crippen LogP contribution in [0.15, 0.2) is 134 Å². The van der Waals surface area contributed by atoms with Gasteiger partial charge >= 0.3 is 17.9 Å². The first-order valence-electron chi connectivity index (χ1n) is 29.7. The highest BCUT2D eigenvalue weighted by Crippen LogP contribution is 2.14. The average Bonchev–Trinajstić information content (AvgIpc) is 3.39. The Bertz CT molecular complexity index is 1580. The van der Waals surface area contributed by atoms with Gasteiger partial charge in [0.25, 0.3) is 0 Å². The Morgan fingerprint density at radius 2 is 0.548 bits per heavy atom. The molecule has 0 bridgehead atoms. The largest absolute Gasteiger partial charge is 0.462 e. The minimum atomic E-state index is -0.822. The third-order valence-corrected chi connectivity index (χ3v) is 12.1. The average molecular weight is 1010 g/mol. The van der Waals surface area contributed by atoms with Gasteiger partial charge in [-0.3, -0.25) is 14.4 Å². The van der Waals surface area contributed by atoms with Gasteiger partial charge < -0.3 is 14.2 Å². The molecule has 0 radical (unpaired) electrons. The van der Waals surface area contributed by atoms with Crippen molar-refractivity contribution < 1.29 is 28.6 Å². The number of rotatable bonds is 52. The van der Waals surface area contributed by atoms with Gasteiger partial charge in [-0.15, -0.1) is 0 Å². The second-order valence-electron chi connectivity index (χ2n) is 19.2. The molecule has 6 nitrogen and oxygen atoms in total. The Hall–Kier alpha value is -4.45. The first kappa shape index (κ1) is 68.6. The lowest BCUT2D eigenvalue weighted by molar-refractivity contribution is -0.167. The fraction of sp³-hybridized carbons (Fsp3) is 0.627. The van der Waals surface area contributed by atoms with E-state index in [9.17, 15) is 14.4 Å². The molecule has 0 heterocycles. The van der Waals surface area contributed by atoms with Crippen molar-refractivity contribution in [1.82, 2.24) is 0 Å². The molecule has 0 unspecified atom stereocenters. The van der Waals surface area contributed by atoms with Crippen molar-refractivity contribution in [3.05, 3.63) is 134 Å². The fourth-order valence-corrected chi connectivity index (χ4v) is 7.67. The van der Waals surface area contributed by atoms with Gasteiger partial charge in [-0.1, -0.05) is 231 Å². The van der Waals surface area contributed by atoms with Crippen molar-refractivity contribution in [2.75, 3.05) is 13.2 Å². The minimum absolute atomic E-state index is 0.118. The molecule has 0 aromatic rings. The summed E-state index contributed by atoms with van der Waals surface area (Å²) < 4.78 is 16.8. The van der Waals surface area contributed by atoms with Gasteiger partial charge in [0.2, 0.25) is 0 Å². The van der Waals surface area contributed by atoms with Gasteiger partial charge in [0, 0.05) is 19.3 Å². The minimum Gasteiger partial charge on any atom is -0.462 e. The van der Waals surface area contributed by atoms with Crippen LogP contribution in [0.25, 0.3) is 0 Å². The van der Waals surface area contributed by atoms with Gasteiger partial charge in [0.15, 0.2) is 6.10 Å². The molecular formula is C67H108O6. The first-order valence-corrected chi connectivity index (χ1v) is 29.7. The summed E-state index contributed by atoms with van der Waals surface area (Å²) in [5.74, 6) is -1.01. The number of carbonyl (C=O) groups is 3. The van der Waals surface area contributed by atoms with Crippen molar-refractivity contribution in [2.45, 2.75) is 258 Å². The molecule has 0 saturated heterocycles. The highest BCUT2D eigenvalue weighted by atomic mass is 16.6. The molecule has 0 saturated carbocycles. The van der Waals surface area contributed by atoms with Crippen molar-refractivity contribution in [1.29, 1.82) is 0 Å². The van der Waals surface area contributed by atoms with Gasteiger partial charge in [-0.25, -0.2) is 0 Å². The molecule has 0 spiro atoms. The normalized spacial score (nSPS) is 13.1. The number of hydrogen-bond donors (Lipinski definition) is 0. The van der Waals surface area contributed by atoms with Crippen molar-refractivity contribution in [3.63, 3.8) is 0 Å². The number of carbonyl (C=O) groups excluding carboxylic acids is 3. The van der Waals surface area contributed by atoms with Crippen LogP contribution in [-0.4, -0.2) is 37.2 Å². The maximum absolute atomic E-state index is 12.9. The highest BCUT2D eigenvalue weighted by molar-refractivity contribution is 5.71. The van der Waals surface area contributed by atoms with Gasteiger partial charge in [0.05, 0.1) is 0 Å². The zero-order valence-electron chi connectivity index (χ0n) is 47.1. The van der Waals surface area contributed by atoms with E-state index in [-0.39, 0.29) is 37.5 Å². The SMILES string of the molecule is CC/C=C/C/C=C/C/C=C/C/C=C/C/C=C/CCCCCC(=O)OC[C@@H](COC(=O)CCC/C=C/C/C=C/C/C=C/C/C=C/CCCCC)OC(=O)CCCCCCCCCCC/C=C/C/C=C/CCCCC. The predicted molar refractivity (Wildman–Crippen MR) is 316 cm³/mol. The van der Waals surface area contributed by atoms with Crippen LogP contribution >= 0.6 is 0 Å². The lowest BCUT2D eigenvalue weighted by Crippen LogP contribution is -2.30. The lowest BCUT2D eigenvalue weighted by Gasteiger charge is -2.18. The van der Waals surface area contributed by atoms with E-state index >= 15 is 0 Å². The van der Waals surface area contributed by atoms with E-state index in [2.05, 4.69) is 154 Å². The Kier molecular flexibility index (Phi) is 56.4. The zero-order chi connectivity index (χ0) is 52.9. The summed E-state index contributed by atoms with van der Waals surface area (Å²) in [6.07, 6.45) is 84.4. The van der Waals surface area contributed by atoms with E-state index in [0.29, 0.717) is 19.3 Å². The Balaban J connectivity index is 4.55. The third-order valence-electron chi connectivity index (χ3n) is 12.1. The summed E-state index contributed by atoms with van der Waals surface area (Å²) in [4.78, 5) is 38.2. The molecule has 0 amide bonds. The molecule has 0 aromatic heterocycles. The highest BCUT2D eigenvalue weighted by Gasteiger charge is 2.19. The Morgan fingerprint density at radius 1 is 0.288 bits per heavy atom. The molecule has 0 rings (SSSR count). The summed E-state index contributed by atoms with van der Waals surface area (Å²) >= 11 is 0. The van der Waals surface area contributed by atoms with Crippen molar-refractivity contribution >= 4 is 17.9 Å². The third kappa shape index (κ3) is 58.3. The quantitative estimate of drug-likeness (QED) is 0.0261. The molecule has 0 aromatic carbocycles. The van der Waals surface area contributed by atoms with E-state index in [1.807, 2.05) is 0 Å². The summed E-state index contributed by atoms with van der Waals surface area (Å²) in [5.41, 5.74) is 0. The second kappa shape index (κ2) is 60.1. The zero-order valence-corrected chi connectivity index (χ0v) is 47.1. The molecule has 0 aliphatic heterocycles. The maximum Gasteiger partial charge on any atom is 0.306 e. The Morgan fingerprint density at radius 3 is 0.904 bits per heavy atom. The number of hydrogen-bond acceptors (Lipinski definition) is 6. The van der Waals surface area contributed by atoms with Crippen LogP contribution in [0.2, 0.25) is 0 Å². The van der Waals surface area contributed by atoms with E-state index < -0.39 is 6.10 Å². The summed E-state index contributed by atoms with van der Waals surface area (Å²) in [7, 11) is 0. The molecule has 0 aliphatic rings. The Labute approximate surface area is 449 Å². The maximum atomic E-state index is 12.9. The fourth-order valence-electron chi connectivity index (χ4n) is 7.67. The van der Waals surface area contributed by atoms with Crippen LogP contribution in [0.3, 0.4) is 0 Å². The van der Waals surface area contributed by atoms with E-state index in [4.69, 9.17) is 14.2 Å². The first-order chi connectivity index (χ1) is 36.0. The predicted octanol–water partition coefficient (Wildman–Crippen LogP) is 20.2. The van der Waals surface area contributed by atoms with Crippen LogP contribution in [0, 0.1) is 0 Å². The monoisotopic (exact) mass is 1010 g/mol. The van der Waals surface area contributed by atoms with Crippen molar-refractivity contribution in [2.24, 2.45) is 0 Å². The van der Waals surface area contributed by atoms with Crippen LogP contribution in [0.4, 0.5) is 0 Å². The topological polar surface area (TPSA) is 78.9 Å². The number of esters is 3. The molecule has 0 N–H and O–H groups in total. The van der Waals surface area contributed by atoms with Crippen molar-refractivity contribution in [3.8, 4) is 0 Å². The summed E-state index contributed by atoms with van der Waals surface area (Å²) in [6, 6.07) is 0. The number of allylic oxidation sites excluding steroid dienone is 22. The molecule has 0 aliphatic carbocycles. The molecular weight excluding hydrogens is 901 g/mol. The van der Waals surface area contributed by atoms with Crippen LogP contribution in [0.5, 0.6) is 0 Å². The number of unbranched alkanes of at least 4 members (excludes halogenated alkanes) is 19. The molecule has 412 valence electrons.